The SMILES string of the molecule is Cn1c(=O)n(C2CCOC(COCn3c(=O)n(C4CCC(O)C5(CC5)C4)c4nc(Nc5cc6c(cc5Cl)OCC6)ncc43)C2)c2nc(Nc3cc4c(cc3Cl)OCC4)ncc21. The maximum absolute atomic E-state index is 14.4. The van der Waals surface area contributed by atoms with Gasteiger partial charge in [-0.2, -0.15) is 9.97 Å². The Morgan fingerprint density at radius 1 is 0.820 bits per heavy atom. The molecular weight excluding hydrogens is 827 g/mol. The summed E-state index contributed by atoms with van der Waals surface area (Å²) in [6, 6.07) is 7.10. The number of nitrogens with one attached hydrogen (secondary N) is 2. The van der Waals surface area contributed by atoms with E-state index in [1.54, 1.807) is 49.8 Å². The van der Waals surface area contributed by atoms with Gasteiger partial charge in [0.2, 0.25) is 11.9 Å². The zero-order chi connectivity index (χ0) is 41.6. The minimum atomic E-state index is -0.367. The van der Waals surface area contributed by atoms with Gasteiger partial charge in [0.1, 0.15) is 29.3 Å². The number of hydrogen-bond donors (Lipinski definition) is 3. The van der Waals surface area contributed by atoms with Gasteiger partial charge in [-0.05, 0) is 73.6 Å². The molecule has 4 aromatic heterocycles. The summed E-state index contributed by atoms with van der Waals surface area (Å²) in [5, 5.41) is 18.3. The number of hydrogen-bond acceptors (Lipinski definition) is 13. The van der Waals surface area contributed by atoms with Crippen molar-refractivity contribution in [3.8, 4) is 11.5 Å². The Kier molecular flexibility index (Phi) is 9.52. The molecule has 0 amide bonds. The van der Waals surface area contributed by atoms with Gasteiger partial charge < -0.3 is 34.7 Å². The number of imidazole rings is 2. The van der Waals surface area contributed by atoms with Gasteiger partial charge in [0, 0.05) is 50.7 Å². The first kappa shape index (κ1) is 38.7. The lowest BCUT2D eigenvalue weighted by Gasteiger charge is -2.34. The van der Waals surface area contributed by atoms with Gasteiger partial charge >= 0.3 is 11.4 Å². The number of aryl methyl sites for hydroxylation is 1. The largest absolute Gasteiger partial charge is 0.493 e. The molecular formula is C42H44Cl2N10O7. The molecule has 5 aliphatic rings. The summed E-state index contributed by atoms with van der Waals surface area (Å²) >= 11 is 13.2. The highest BCUT2D eigenvalue weighted by molar-refractivity contribution is 6.34. The van der Waals surface area contributed by atoms with Crippen LogP contribution in [0, 0.1) is 5.41 Å². The number of aliphatic hydroxyl groups is 1. The van der Waals surface area contributed by atoms with Crippen molar-refractivity contribution < 1.29 is 24.1 Å². The number of aliphatic hydroxyl groups excluding tert-OH is 1. The van der Waals surface area contributed by atoms with Gasteiger partial charge in [-0.3, -0.25) is 18.3 Å². The molecule has 1 saturated heterocycles. The van der Waals surface area contributed by atoms with Crippen molar-refractivity contribution in [2.24, 2.45) is 12.5 Å². The van der Waals surface area contributed by atoms with Crippen LogP contribution in [0.2, 0.25) is 10.0 Å². The number of rotatable bonds is 10. The molecule has 61 heavy (non-hydrogen) atoms. The number of aromatic nitrogens is 8. The van der Waals surface area contributed by atoms with Gasteiger partial charge in [0.05, 0.1) is 65.8 Å². The van der Waals surface area contributed by atoms with Crippen molar-refractivity contribution in [1.82, 2.24) is 38.2 Å². The Labute approximate surface area is 358 Å². The molecule has 2 aliphatic carbocycles. The summed E-state index contributed by atoms with van der Waals surface area (Å²) in [5.41, 5.74) is 4.91. The zero-order valence-electron chi connectivity index (χ0n) is 33.4. The maximum Gasteiger partial charge on any atom is 0.332 e. The minimum absolute atomic E-state index is 0.0615. The lowest BCUT2D eigenvalue weighted by molar-refractivity contribution is -0.0675. The Balaban J connectivity index is 0.835. The number of halogens is 2. The second kappa shape index (κ2) is 15.0. The van der Waals surface area contributed by atoms with Crippen molar-refractivity contribution >= 4 is 68.8 Å². The maximum atomic E-state index is 14.4. The van der Waals surface area contributed by atoms with Crippen LogP contribution < -0.4 is 31.5 Å². The molecule has 19 heteroatoms. The number of fused-ring (bicyclic) bond motifs is 4. The van der Waals surface area contributed by atoms with Gasteiger partial charge in [-0.25, -0.2) is 19.6 Å². The molecule has 318 valence electrons. The Hall–Kier alpha value is -5.20. The fourth-order valence-corrected chi connectivity index (χ4v) is 10.1. The van der Waals surface area contributed by atoms with Crippen LogP contribution in [0.4, 0.5) is 23.3 Å². The molecule has 3 fully saturated rings. The van der Waals surface area contributed by atoms with E-state index >= 15 is 0 Å². The van der Waals surface area contributed by atoms with Crippen LogP contribution in [0.3, 0.4) is 0 Å². The van der Waals surface area contributed by atoms with Crippen LogP contribution in [-0.4, -0.2) is 81.9 Å². The Morgan fingerprint density at radius 3 is 2.10 bits per heavy atom. The third kappa shape index (κ3) is 6.81. The van der Waals surface area contributed by atoms with E-state index in [4.69, 9.17) is 52.1 Å². The zero-order valence-corrected chi connectivity index (χ0v) is 34.9. The fourth-order valence-electron chi connectivity index (χ4n) is 9.70. The van der Waals surface area contributed by atoms with Gasteiger partial charge in [0.15, 0.2) is 11.3 Å². The molecule has 17 nitrogen and oxygen atoms in total. The standard InChI is InChI=1S/C42H44Cl2N10O7/c1-51-31-18-45-38(47-29-12-22-4-9-60-33(22)15-27(29)43)49-36(31)53(40(51)56)24-6-11-59-26(14-24)20-58-21-52-32-19-46-39(48-30-13-23-5-10-61-34(23)16-28(30)44)50-37(32)54(41(52)57)25-2-3-35(55)42(17-25)7-8-42/h12-13,15-16,18-19,24-26,35,55H,2-11,14,17,20-21H2,1H3,(H,45,47,49)(H,46,48,50). The first-order chi connectivity index (χ1) is 29.6. The number of nitrogens with zero attached hydrogens (tertiary/aromatic N) is 8. The normalized spacial score (nSPS) is 22.6. The summed E-state index contributed by atoms with van der Waals surface area (Å²) in [6.07, 6.45) is 9.06. The summed E-state index contributed by atoms with van der Waals surface area (Å²) in [4.78, 5) is 47.0. The average molecular weight is 872 g/mol. The Bertz CT molecular complexity index is 2850. The monoisotopic (exact) mass is 870 g/mol. The van der Waals surface area contributed by atoms with Crippen LogP contribution in [0.15, 0.2) is 46.2 Å². The van der Waals surface area contributed by atoms with Crippen LogP contribution in [0.5, 0.6) is 11.5 Å². The predicted octanol–water partition coefficient (Wildman–Crippen LogP) is 5.96. The molecule has 0 bridgehead atoms. The van der Waals surface area contributed by atoms with Crippen molar-refractivity contribution in [2.45, 2.75) is 88.8 Å². The molecule has 1 spiro atoms. The van der Waals surface area contributed by atoms with E-state index < -0.39 is 0 Å². The van der Waals surface area contributed by atoms with E-state index in [9.17, 15) is 14.7 Å². The van der Waals surface area contributed by atoms with E-state index in [1.807, 2.05) is 12.1 Å². The third-order valence-corrected chi connectivity index (χ3v) is 13.8. The minimum Gasteiger partial charge on any atom is -0.493 e. The van der Waals surface area contributed by atoms with Crippen molar-refractivity contribution in [1.29, 1.82) is 0 Å². The predicted molar refractivity (Wildman–Crippen MR) is 227 cm³/mol. The van der Waals surface area contributed by atoms with Gasteiger partial charge in [-0.1, -0.05) is 23.2 Å². The molecule has 7 heterocycles. The molecule has 11 rings (SSSR count). The number of ether oxygens (including phenoxy) is 4. The highest BCUT2D eigenvalue weighted by atomic mass is 35.5. The van der Waals surface area contributed by atoms with Crippen LogP contribution in [-0.2, 0) is 36.1 Å². The second-order valence-electron chi connectivity index (χ2n) is 16.9. The highest BCUT2D eigenvalue weighted by Crippen LogP contribution is 2.58. The van der Waals surface area contributed by atoms with Crippen LogP contribution in [0.1, 0.15) is 68.2 Å². The van der Waals surface area contributed by atoms with E-state index in [0.717, 1.165) is 48.3 Å². The summed E-state index contributed by atoms with van der Waals surface area (Å²) < 4.78 is 30.3. The van der Waals surface area contributed by atoms with Crippen molar-refractivity contribution in [3.05, 3.63) is 78.8 Å². The van der Waals surface area contributed by atoms with Crippen molar-refractivity contribution in [2.75, 3.05) is 37.1 Å². The summed E-state index contributed by atoms with van der Waals surface area (Å²) in [5.74, 6) is 2.17. The molecule has 2 aromatic carbocycles. The molecule has 6 aromatic rings. The number of benzene rings is 2. The molecule has 3 aliphatic heterocycles. The molecule has 3 N–H and O–H groups in total. The first-order valence-electron chi connectivity index (χ1n) is 20.9. The quantitative estimate of drug-likeness (QED) is 0.147. The third-order valence-electron chi connectivity index (χ3n) is 13.2. The second-order valence-corrected chi connectivity index (χ2v) is 17.7. The first-order valence-corrected chi connectivity index (χ1v) is 21.6. The summed E-state index contributed by atoms with van der Waals surface area (Å²) in [7, 11) is 1.71. The van der Waals surface area contributed by atoms with Gasteiger partial charge in [-0.15, -0.1) is 0 Å². The van der Waals surface area contributed by atoms with Crippen molar-refractivity contribution in [3.63, 3.8) is 0 Å². The van der Waals surface area contributed by atoms with Crippen LogP contribution >= 0.6 is 23.2 Å². The summed E-state index contributed by atoms with van der Waals surface area (Å²) in [6.45, 7) is 1.74. The molecule has 0 radical (unpaired) electrons. The molecule has 4 unspecified atom stereocenters. The molecule has 2 saturated carbocycles. The van der Waals surface area contributed by atoms with Gasteiger partial charge in [0.25, 0.3) is 0 Å². The van der Waals surface area contributed by atoms with E-state index in [-0.39, 0.29) is 54.4 Å². The lowest BCUT2D eigenvalue weighted by atomic mass is 9.80. The van der Waals surface area contributed by atoms with Crippen LogP contribution in [0.25, 0.3) is 22.3 Å². The Morgan fingerprint density at radius 2 is 1.44 bits per heavy atom. The van der Waals surface area contributed by atoms with E-state index in [0.29, 0.717) is 108 Å². The smallest absolute Gasteiger partial charge is 0.332 e. The molecule has 4 atom stereocenters. The fraction of sp³-hybridized carbons (Fsp3) is 0.476. The highest BCUT2D eigenvalue weighted by Gasteiger charge is 2.53. The lowest BCUT2D eigenvalue weighted by Crippen LogP contribution is -2.37. The number of anilines is 4. The topological polar surface area (TPSA) is 187 Å². The van der Waals surface area contributed by atoms with E-state index in [2.05, 4.69) is 20.6 Å². The van der Waals surface area contributed by atoms with E-state index in [1.165, 1.54) is 0 Å². The average Bonchev–Trinajstić information content (AvgIpc) is 3.48.